The first kappa shape index (κ1) is 21.3. The molecule has 0 saturated heterocycles. The zero-order valence-electron chi connectivity index (χ0n) is 15.2. The molecule has 0 bridgehead atoms. The first-order valence-electron chi connectivity index (χ1n) is 8.13. The van der Waals surface area contributed by atoms with Gasteiger partial charge >= 0.3 is 0 Å². The minimum absolute atomic E-state index is 0. The van der Waals surface area contributed by atoms with Crippen molar-refractivity contribution in [2.75, 3.05) is 18.1 Å². The number of hydrogen-bond donors (Lipinski definition) is 2. The van der Waals surface area contributed by atoms with Gasteiger partial charge in [-0.05, 0) is 43.2 Å². The van der Waals surface area contributed by atoms with E-state index in [2.05, 4.69) is 20.3 Å². The number of rotatable bonds is 3. The molecule has 2 aromatic rings. The normalized spacial score (nSPS) is 20.7. The van der Waals surface area contributed by atoms with Gasteiger partial charge in [0.1, 0.15) is 17.1 Å². The van der Waals surface area contributed by atoms with Crippen LogP contribution >= 0.6 is 0 Å². The van der Waals surface area contributed by atoms with Crippen molar-refractivity contribution in [3.8, 4) is 0 Å². The number of aliphatic imine (C=N–C) groups is 1. The highest BCUT2D eigenvalue weighted by atomic mass is 32.2. The minimum atomic E-state index is -3.59. The third-order valence-corrected chi connectivity index (χ3v) is 6.28. The highest BCUT2D eigenvalue weighted by Gasteiger charge is 2.40. The molecule has 0 spiro atoms. The fraction of sp³-hybridized carbons (Fsp3) is 0.333. The van der Waals surface area contributed by atoms with E-state index in [1.165, 1.54) is 13.2 Å². The number of anilines is 1. The lowest BCUT2D eigenvalue weighted by molar-refractivity contribution is 0.102. The fourth-order valence-electron chi connectivity index (χ4n) is 2.71. The molecule has 150 valence electrons. The van der Waals surface area contributed by atoms with E-state index in [0.29, 0.717) is 5.56 Å². The Morgan fingerprint density at radius 2 is 2.00 bits per heavy atom. The van der Waals surface area contributed by atoms with Crippen molar-refractivity contribution in [1.82, 2.24) is 14.3 Å². The van der Waals surface area contributed by atoms with Gasteiger partial charge in [0, 0.05) is 19.4 Å². The molecule has 0 saturated carbocycles. The second-order valence-electron chi connectivity index (χ2n) is 6.57. The second-order valence-corrected chi connectivity index (χ2v) is 8.57. The zero-order valence-corrected chi connectivity index (χ0v) is 16.0. The predicted molar refractivity (Wildman–Crippen MR) is 108 cm³/mol. The lowest BCUT2D eigenvalue weighted by Crippen LogP contribution is -2.50. The van der Waals surface area contributed by atoms with Gasteiger partial charge in [0.2, 0.25) is 16.0 Å². The number of pyridine rings is 2. The van der Waals surface area contributed by atoms with Crippen LogP contribution in [-0.4, -0.2) is 47.4 Å². The van der Waals surface area contributed by atoms with Gasteiger partial charge in [-0.15, -0.1) is 0 Å². The van der Waals surface area contributed by atoms with Crippen molar-refractivity contribution in [1.29, 1.82) is 0 Å². The van der Waals surface area contributed by atoms with Gasteiger partial charge in [-0.25, -0.2) is 22.7 Å². The standard InChI is InChI=1S/C17H20N6O3S.CH4/c1-11-4-5-13(20-9-11)15(24)21-14-8-12(6-7-19-14)17(2)10-27(25,26)23(3)16(18)22-17;/h4-9H,10H2,1-3H3,(H2,18,22)(H,19,21,24);1H4/t17-;/m0./s1. The first-order valence-corrected chi connectivity index (χ1v) is 9.74. The monoisotopic (exact) mass is 404 g/mol. The number of hydrogen-bond acceptors (Lipinski definition) is 7. The highest BCUT2D eigenvalue weighted by Crippen LogP contribution is 2.32. The van der Waals surface area contributed by atoms with Gasteiger partial charge in [0.25, 0.3) is 5.91 Å². The number of nitrogens with two attached hydrogens (primary N) is 1. The quantitative estimate of drug-likeness (QED) is 0.797. The summed E-state index contributed by atoms with van der Waals surface area (Å²) in [5, 5.41) is 2.66. The number of aryl methyl sites for hydroxylation is 1. The molecule has 3 rings (SSSR count). The molecular formula is C18H24N6O3S. The van der Waals surface area contributed by atoms with Crippen molar-refractivity contribution in [3.05, 3.63) is 53.5 Å². The Kier molecular flexibility index (Phi) is 5.74. The van der Waals surface area contributed by atoms with E-state index in [0.717, 1.165) is 9.87 Å². The van der Waals surface area contributed by atoms with Crippen LogP contribution in [0.15, 0.2) is 41.7 Å². The van der Waals surface area contributed by atoms with Crippen LogP contribution in [0.4, 0.5) is 5.82 Å². The van der Waals surface area contributed by atoms with Crippen molar-refractivity contribution < 1.29 is 13.2 Å². The number of aromatic nitrogens is 2. The number of amides is 1. The van der Waals surface area contributed by atoms with Crippen LogP contribution in [0.25, 0.3) is 0 Å². The third-order valence-electron chi connectivity index (χ3n) is 4.33. The largest absolute Gasteiger partial charge is 0.369 e. The summed E-state index contributed by atoms with van der Waals surface area (Å²) in [6.07, 6.45) is 3.08. The molecule has 1 aliphatic rings. The van der Waals surface area contributed by atoms with E-state index < -0.39 is 21.5 Å². The van der Waals surface area contributed by atoms with E-state index in [9.17, 15) is 13.2 Å². The third kappa shape index (κ3) is 4.11. The van der Waals surface area contributed by atoms with Crippen molar-refractivity contribution in [2.24, 2.45) is 10.7 Å². The molecule has 9 nitrogen and oxygen atoms in total. The highest BCUT2D eigenvalue weighted by molar-refractivity contribution is 7.89. The van der Waals surface area contributed by atoms with Crippen LogP contribution in [0, 0.1) is 6.92 Å². The van der Waals surface area contributed by atoms with Gasteiger partial charge < -0.3 is 11.1 Å². The summed E-state index contributed by atoms with van der Waals surface area (Å²) in [6.45, 7) is 3.55. The van der Waals surface area contributed by atoms with Gasteiger partial charge in [0.15, 0.2) is 0 Å². The summed E-state index contributed by atoms with van der Waals surface area (Å²) >= 11 is 0. The molecule has 3 N–H and O–H groups in total. The number of carbonyl (C=O) groups is 1. The molecule has 0 aromatic carbocycles. The molecule has 1 amide bonds. The van der Waals surface area contributed by atoms with Gasteiger partial charge in [0.05, 0.1) is 5.75 Å². The number of nitrogens with zero attached hydrogens (tertiary/aromatic N) is 4. The lowest BCUT2D eigenvalue weighted by Gasteiger charge is -2.34. The van der Waals surface area contributed by atoms with Crippen LogP contribution in [0.1, 0.15) is 36.0 Å². The Morgan fingerprint density at radius 3 is 2.61 bits per heavy atom. The van der Waals surface area contributed by atoms with Crippen LogP contribution in [0.2, 0.25) is 0 Å². The van der Waals surface area contributed by atoms with Gasteiger partial charge in [-0.1, -0.05) is 13.5 Å². The molecule has 28 heavy (non-hydrogen) atoms. The van der Waals surface area contributed by atoms with Crippen LogP contribution in [-0.2, 0) is 15.6 Å². The zero-order chi connectivity index (χ0) is 19.8. The Bertz CT molecular complexity index is 1020. The Balaban J connectivity index is 0.00000280. The van der Waals surface area contributed by atoms with E-state index in [4.69, 9.17) is 5.73 Å². The number of nitrogens with one attached hydrogen (secondary N) is 1. The van der Waals surface area contributed by atoms with E-state index in [-0.39, 0.29) is 30.7 Å². The van der Waals surface area contributed by atoms with Gasteiger partial charge in [-0.2, -0.15) is 0 Å². The maximum atomic E-state index is 12.3. The molecule has 2 aromatic heterocycles. The molecule has 0 fully saturated rings. The van der Waals surface area contributed by atoms with Crippen LogP contribution in [0.3, 0.4) is 0 Å². The summed E-state index contributed by atoms with van der Waals surface area (Å²) in [7, 11) is -2.23. The lowest BCUT2D eigenvalue weighted by atomic mass is 9.95. The first-order chi connectivity index (χ1) is 12.6. The summed E-state index contributed by atoms with van der Waals surface area (Å²) < 4.78 is 25.6. The molecule has 0 radical (unpaired) electrons. The average Bonchev–Trinajstić information content (AvgIpc) is 2.60. The second kappa shape index (κ2) is 7.55. The van der Waals surface area contributed by atoms with Crippen molar-refractivity contribution in [2.45, 2.75) is 26.8 Å². The Morgan fingerprint density at radius 1 is 1.29 bits per heavy atom. The molecule has 1 atom stereocenters. The number of sulfonamides is 1. The summed E-state index contributed by atoms with van der Waals surface area (Å²) in [4.78, 5) is 24.9. The van der Waals surface area contributed by atoms with E-state index in [1.807, 2.05) is 6.92 Å². The van der Waals surface area contributed by atoms with Crippen LogP contribution in [0.5, 0.6) is 0 Å². The van der Waals surface area contributed by atoms with Crippen molar-refractivity contribution in [3.63, 3.8) is 0 Å². The smallest absolute Gasteiger partial charge is 0.275 e. The Hall–Kier alpha value is -3.01. The SMILES string of the molecule is C.Cc1ccc(C(=O)Nc2cc([C@]3(C)CS(=O)(=O)N(C)C(N)=N3)ccn2)nc1. The van der Waals surface area contributed by atoms with E-state index >= 15 is 0 Å². The summed E-state index contributed by atoms with van der Waals surface area (Å²) in [5.74, 6) is -0.473. The molecule has 0 unspecified atom stereocenters. The maximum absolute atomic E-state index is 12.3. The van der Waals surface area contributed by atoms with E-state index in [1.54, 1.807) is 37.4 Å². The minimum Gasteiger partial charge on any atom is -0.369 e. The van der Waals surface area contributed by atoms with Crippen LogP contribution < -0.4 is 11.1 Å². The maximum Gasteiger partial charge on any atom is 0.275 e. The number of carbonyl (C=O) groups excluding carboxylic acids is 1. The Labute approximate surface area is 164 Å². The van der Waals surface area contributed by atoms with Gasteiger partial charge in [-0.3, -0.25) is 9.78 Å². The molecule has 1 aliphatic heterocycles. The molecule has 10 heteroatoms. The van der Waals surface area contributed by atoms with Crippen molar-refractivity contribution >= 4 is 27.7 Å². The molecule has 3 heterocycles. The topological polar surface area (TPSA) is 131 Å². The predicted octanol–water partition coefficient (Wildman–Crippen LogP) is 1.48. The summed E-state index contributed by atoms with van der Waals surface area (Å²) in [6, 6.07) is 6.64. The molecular weight excluding hydrogens is 380 g/mol. The summed E-state index contributed by atoms with van der Waals surface area (Å²) in [5.41, 5.74) is 6.46. The molecule has 0 aliphatic carbocycles. The number of guanidine groups is 1. The fourth-order valence-corrected chi connectivity index (χ4v) is 4.18. The average molecular weight is 404 g/mol.